The van der Waals surface area contributed by atoms with Crippen LogP contribution in [-0.2, 0) is 4.79 Å². The zero-order chi connectivity index (χ0) is 13.8. The van der Waals surface area contributed by atoms with Crippen LogP contribution in [0.15, 0.2) is 23.1 Å². The Kier molecular flexibility index (Phi) is 4.31. The van der Waals surface area contributed by atoms with E-state index in [1.54, 1.807) is 0 Å². The van der Waals surface area contributed by atoms with Crippen LogP contribution < -0.4 is 16.4 Å². The number of rotatable bonds is 4. The molecule has 0 atom stereocenters. The Bertz CT molecular complexity index is 501. The summed E-state index contributed by atoms with van der Waals surface area (Å²) in [6.45, 7) is 1.91. The average Bonchev–Trinajstić information content (AvgIpc) is 3.14. The van der Waals surface area contributed by atoms with E-state index >= 15 is 0 Å². The predicted molar refractivity (Wildman–Crippen MR) is 76.0 cm³/mol. The summed E-state index contributed by atoms with van der Waals surface area (Å²) in [6, 6.07) is 5.42. The van der Waals surface area contributed by atoms with Crippen molar-refractivity contribution in [1.82, 2.24) is 10.6 Å². The van der Waals surface area contributed by atoms with Crippen LogP contribution in [0.4, 0.5) is 10.5 Å². The van der Waals surface area contributed by atoms with Crippen molar-refractivity contribution in [3.63, 3.8) is 0 Å². The number of carbonyl (C=O) groups excluding carboxylic acids is 2. The van der Waals surface area contributed by atoms with Crippen molar-refractivity contribution in [2.75, 3.05) is 11.5 Å². The van der Waals surface area contributed by atoms with Crippen LogP contribution >= 0.6 is 11.8 Å². The first-order valence-electron chi connectivity index (χ1n) is 6.14. The number of urea groups is 1. The first-order valence-corrected chi connectivity index (χ1v) is 7.13. The summed E-state index contributed by atoms with van der Waals surface area (Å²) in [7, 11) is 0. The lowest BCUT2D eigenvalue weighted by atomic mass is 10.2. The maximum atomic E-state index is 11.6. The summed E-state index contributed by atoms with van der Waals surface area (Å²) in [5.41, 5.74) is 7.46. The normalized spacial score (nSPS) is 13.9. The Morgan fingerprint density at radius 3 is 2.84 bits per heavy atom. The highest BCUT2D eigenvalue weighted by molar-refractivity contribution is 8.00. The molecule has 1 aromatic rings. The predicted octanol–water partition coefficient (Wildman–Crippen LogP) is 1.66. The summed E-state index contributed by atoms with van der Waals surface area (Å²) in [4.78, 5) is 23.9. The summed E-state index contributed by atoms with van der Waals surface area (Å²) in [5.74, 6) is -0.104. The fourth-order valence-corrected chi connectivity index (χ4v) is 2.41. The average molecular weight is 279 g/mol. The number of anilines is 1. The van der Waals surface area contributed by atoms with Gasteiger partial charge >= 0.3 is 6.03 Å². The molecule has 4 N–H and O–H groups in total. The van der Waals surface area contributed by atoms with E-state index in [9.17, 15) is 9.59 Å². The second kappa shape index (κ2) is 5.97. The van der Waals surface area contributed by atoms with Gasteiger partial charge in [-0.05, 0) is 37.5 Å². The van der Waals surface area contributed by atoms with Crippen LogP contribution in [0.1, 0.15) is 18.4 Å². The first-order chi connectivity index (χ1) is 9.06. The zero-order valence-electron chi connectivity index (χ0n) is 10.7. The first kappa shape index (κ1) is 13.7. The van der Waals surface area contributed by atoms with Gasteiger partial charge in [-0.25, -0.2) is 4.79 Å². The van der Waals surface area contributed by atoms with E-state index in [1.807, 2.05) is 25.1 Å². The van der Waals surface area contributed by atoms with E-state index in [0.717, 1.165) is 23.3 Å². The lowest BCUT2D eigenvalue weighted by Crippen LogP contribution is -2.41. The molecule has 3 amide bonds. The number of imide groups is 1. The Balaban J connectivity index is 1.79. The number of hydrogen-bond donors (Lipinski definition) is 3. The number of carbonyl (C=O) groups is 2. The van der Waals surface area contributed by atoms with Crippen molar-refractivity contribution in [3.05, 3.63) is 23.8 Å². The van der Waals surface area contributed by atoms with Gasteiger partial charge < -0.3 is 11.1 Å². The summed E-state index contributed by atoms with van der Waals surface area (Å²) in [5, 5.41) is 5.02. The third-order valence-corrected chi connectivity index (χ3v) is 4.01. The van der Waals surface area contributed by atoms with Crippen molar-refractivity contribution in [2.45, 2.75) is 30.7 Å². The van der Waals surface area contributed by atoms with Crippen LogP contribution in [0.3, 0.4) is 0 Å². The molecule has 1 aromatic carbocycles. The summed E-state index contributed by atoms with van der Waals surface area (Å²) in [6.07, 6.45) is 2.00. The minimum absolute atomic E-state index is 0.197. The Labute approximate surface area is 116 Å². The van der Waals surface area contributed by atoms with E-state index < -0.39 is 6.03 Å². The Hall–Kier alpha value is -1.69. The highest BCUT2D eigenvalue weighted by Gasteiger charge is 2.23. The number of nitrogens with two attached hydrogens (primary N) is 1. The smallest absolute Gasteiger partial charge is 0.321 e. The monoisotopic (exact) mass is 279 g/mol. The molecule has 0 radical (unpaired) electrons. The molecule has 1 aliphatic carbocycles. The van der Waals surface area contributed by atoms with Crippen LogP contribution in [-0.4, -0.2) is 23.7 Å². The van der Waals surface area contributed by atoms with Gasteiger partial charge in [0.15, 0.2) is 0 Å². The molecule has 0 saturated heterocycles. The van der Waals surface area contributed by atoms with Crippen molar-refractivity contribution >= 4 is 29.4 Å². The molecule has 1 fully saturated rings. The number of hydrogen-bond acceptors (Lipinski definition) is 4. The van der Waals surface area contributed by atoms with Crippen molar-refractivity contribution in [1.29, 1.82) is 0 Å². The highest BCUT2D eigenvalue weighted by atomic mass is 32.2. The molecule has 5 nitrogen and oxygen atoms in total. The molecule has 2 rings (SSSR count). The van der Waals surface area contributed by atoms with E-state index in [-0.39, 0.29) is 17.7 Å². The number of thioether (sulfide) groups is 1. The van der Waals surface area contributed by atoms with Gasteiger partial charge in [-0.2, -0.15) is 0 Å². The van der Waals surface area contributed by atoms with Crippen LogP contribution in [0.2, 0.25) is 0 Å². The van der Waals surface area contributed by atoms with Crippen molar-refractivity contribution < 1.29 is 9.59 Å². The molecule has 0 aliphatic heterocycles. The van der Waals surface area contributed by atoms with E-state index in [4.69, 9.17) is 5.73 Å². The number of benzene rings is 1. The van der Waals surface area contributed by atoms with Gasteiger partial charge in [-0.15, -0.1) is 11.8 Å². The molecule has 0 spiro atoms. The van der Waals surface area contributed by atoms with Gasteiger partial charge in [0.05, 0.1) is 5.75 Å². The molecular weight excluding hydrogens is 262 g/mol. The summed E-state index contributed by atoms with van der Waals surface area (Å²) >= 11 is 1.37. The van der Waals surface area contributed by atoms with E-state index in [0.29, 0.717) is 5.69 Å². The minimum atomic E-state index is -0.405. The number of nitrogens with one attached hydrogen (secondary N) is 2. The zero-order valence-corrected chi connectivity index (χ0v) is 11.5. The van der Waals surface area contributed by atoms with Gasteiger partial charge in [0.1, 0.15) is 0 Å². The number of amides is 3. The molecule has 0 unspecified atom stereocenters. The second-order valence-electron chi connectivity index (χ2n) is 4.55. The molecule has 0 aromatic heterocycles. The molecule has 0 bridgehead atoms. The molecule has 0 heterocycles. The molecule has 6 heteroatoms. The Morgan fingerprint density at radius 1 is 1.42 bits per heavy atom. The molecular formula is C13H17N3O2S. The van der Waals surface area contributed by atoms with E-state index in [1.165, 1.54) is 11.8 Å². The largest absolute Gasteiger partial charge is 0.398 e. The Morgan fingerprint density at radius 2 is 2.16 bits per heavy atom. The van der Waals surface area contributed by atoms with E-state index in [2.05, 4.69) is 10.6 Å². The minimum Gasteiger partial charge on any atom is -0.398 e. The fraction of sp³-hybridized carbons (Fsp3) is 0.385. The molecule has 1 saturated carbocycles. The van der Waals surface area contributed by atoms with Gasteiger partial charge in [0.2, 0.25) is 5.91 Å². The standard InChI is InChI=1S/C13H17N3O2S/c1-8-10(14)3-2-4-11(8)19-7-12(17)16-13(18)15-9-5-6-9/h2-4,9H,5-7,14H2,1H3,(H2,15,16,17,18). The third kappa shape index (κ3) is 4.17. The number of nitrogen functional groups attached to an aromatic ring is 1. The SMILES string of the molecule is Cc1c(N)cccc1SCC(=O)NC(=O)NC1CC1. The lowest BCUT2D eigenvalue weighted by Gasteiger charge is -2.08. The maximum Gasteiger partial charge on any atom is 0.321 e. The molecule has 19 heavy (non-hydrogen) atoms. The molecule has 1 aliphatic rings. The van der Waals surface area contributed by atoms with Gasteiger partial charge in [0, 0.05) is 16.6 Å². The quantitative estimate of drug-likeness (QED) is 0.578. The van der Waals surface area contributed by atoms with Crippen LogP contribution in [0.5, 0.6) is 0 Å². The maximum absolute atomic E-state index is 11.6. The van der Waals surface area contributed by atoms with Crippen LogP contribution in [0.25, 0.3) is 0 Å². The second-order valence-corrected chi connectivity index (χ2v) is 5.57. The highest BCUT2D eigenvalue weighted by Crippen LogP contribution is 2.25. The van der Waals surface area contributed by atoms with Gasteiger partial charge in [0.25, 0.3) is 0 Å². The summed E-state index contributed by atoms with van der Waals surface area (Å²) < 4.78 is 0. The fourth-order valence-electron chi connectivity index (χ4n) is 1.54. The van der Waals surface area contributed by atoms with Gasteiger partial charge in [-0.1, -0.05) is 6.07 Å². The molecule has 102 valence electrons. The lowest BCUT2D eigenvalue weighted by molar-refractivity contribution is -0.117. The van der Waals surface area contributed by atoms with Crippen molar-refractivity contribution in [2.24, 2.45) is 0 Å². The topological polar surface area (TPSA) is 84.2 Å². The third-order valence-electron chi connectivity index (χ3n) is 2.85. The van der Waals surface area contributed by atoms with Gasteiger partial charge in [-0.3, -0.25) is 10.1 Å². The van der Waals surface area contributed by atoms with Crippen LogP contribution in [0, 0.1) is 6.92 Å². The van der Waals surface area contributed by atoms with Crippen molar-refractivity contribution in [3.8, 4) is 0 Å².